The van der Waals surface area contributed by atoms with Gasteiger partial charge in [0.25, 0.3) is 0 Å². The fourth-order valence-electron chi connectivity index (χ4n) is 1.84. The van der Waals surface area contributed by atoms with Crippen LogP contribution in [-0.2, 0) is 0 Å². The highest BCUT2D eigenvalue weighted by Crippen LogP contribution is 2.21. The Morgan fingerprint density at radius 2 is 2.16 bits per heavy atom. The Morgan fingerprint density at radius 1 is 1.37 bits per heavy atom. The lowest BCUT2D eigenvalue weighted by molar-refractivity contribution is 0.603. The van der Waals surface area contributed by atoms with Crippen molar-refractivity contribution in [3.63, 3.8) is 0 Å². The van der Waals surface area contributed by atoms with Gasteiger partial charge in [-0.15, -0.1) is 0 Å². The van der Waals surface area contributed by atoms with E-state index in [0.717, 1.165) is 11.1 Å². The molecule has 96 valence electrons. The molecule has 0 N–H and O–H groups in total. The highest BCUT2D eigenvalue weighted by atomic mass is 35.5. The van der Waals surface area contributed by atoms with Crippen LogP contribution in [0.4, 0.5) is 0 Å². The van der Waals surface area contributed by atoms with Crippen molar-refractivity contribution in [2.45, 2.75) is 19.9 Å². The fraction of sp³-hybridized carbons (Fsp3) is 0.188. The van der Waals surface area contributed by atoms with Crippen LogP contribution in [0.2, 0.25) is 5.02 Å². The van der Waals surface area contributed by atoms with E-state index < -0.39 is 0 Å². The van der Waals surface area contributed by atoms with Gasteiger partial charge in [0, 0.05) is 23.5 Å². The lowest BCUT2D eigenvalue weighted by atomic mass is 10.1. The minimum Gasteiger partial charge on any atom is -0.351 e. The third kappa shape index (κ3) is 3.27. The number of aromatic nitrogens is 1. The van der Waals surface area contributed by atoms with Crippen LogP contribution in [0.3, 0.4) is 0 Å². The van der Waals surface area contributed by atoms with Crippen LogP contribution in [0.25, 0.3) is 11.6 Å². The third-order valence-corrected chi connectivity index (χ3v) is 3.14. The van der Waals surface area contributed by atoms with Gasteiger partial charge in [0.05, 0.1) is 11.6 Å². The Kier molecular flexibility index (Phi) is 4.09. The van der Waals surface area contributed by atoms with E-state index in [2.05, 4.69) is 24.5 Å². The number of nitriles is 1. The molecule has 0 fully saturated rings. The van der Waals surface area contributed by atoms with Crippen molar-refractivity contribution in [2.24, 2.45) is 0 Å². The molecule has 0 aliphatic rings. The second kappa shape index (κ2) is 5.77. The lowest BCUT2D eigenvalue weighted by Gasteiger charge is -2.05. The molecule has 0 saturated heterocycles. The maximum absolute atomic E-state index is 9.28. The number of allylic oxidation sites excluding steroid dienone is 1. The fourth-order valence-corrected chi connectivity index (χ4v) is 2.03. The number of hydrogen-bond donors (Lipinski definition) is 0. The normalized spacial score (nSPS) is 11.6. The van der Waals surface area contributed by atoms with Crippen molar-refractivity contribution in [2.75, 3.05) is 0 Å². The summed E-state index contributed by atoms with van der Waals surface area (Å²) in [6.45, 7) is 4.24. The molecule has 0 aliphatic carbocycles. The average molecular weight is 271 g/mol. The van der Waals surface area contributed by atoms with E-state index in [-0.39, 0.29) is 0 Å². The molecule has 2 nitrogen and oxygen atoms in total. The second-order valence-electron chi connectivity index (χ2n) is 4.67. The van der Waals surface area contributed by atoms with E-state index in [0.29, 0.717) is 16.6 Å². The van der Waals surface area contributed by atoms with Crippen LogP contribution in [0.1, 0.15) is 31.0 Å². The summed E-state index contributed by atoms with van der Waals surface area (Å²) in [6.07, 6.45) is 5.93. The highest BCUT2D eigenvalue weighted by molar-refractivity contribution is 6.30. The van der Waals surface area contributed by atoms with Crippen LogP contribution >= 0.6 is 11.6 Å². The maximum atomic E-state index is 9.28. The molecule has 0 aliphatic heterocycles. The van der Waals surface area contributed by atoms with E-state index in [9.17, 15) is 5.26 Å². The van der Waals surface area contributed by atoms with Gasteiger partial charge in [0.1, 0.15) is 0 Å². The molecule has 2 rings (SSSR count). The van der Waals surface area contributed by atoms with Crippen LogP contribution in [0, 0.1) is 11.3 Å². The topological polar surface area (TPSA) is 28.7 Å². The molecular weight excluding hydrogens is 256 g/mol. The van der Waals surface area contributed by atoms with Gasteiger partial charge in [-0.1, -0.05) is 23.7 Å². The smallest absolute Gasteiger partial charge is 0.0998 e. The van der Waals surface area contributed by atoms with Gasteiger partial charge < -0.3 is 4.57 Å². The lowest BCUT2D eigenvalue weighted by Crippen LogP contribution is -1.95. The van der Waals surface area contributed by atoms with E-state index in [4.69, 9.17) is 11.6 Å². The van der Waals surface area contributed by atoms with Crippen LogP contribution < -0.4 is 0 Å². The molecular formula is C16H15ClN2. The molecule has 0 radical (unpaired) electrons. The van der Waals surface area contributed by atoms with Gasteiger partial charge in [-0.05, 0) is 49.2 Å². The van der Waals surface area contributed by atoms with Crippen molar-refractivity contribution >= 4 is 23.3 Å². The monoisotopic (exact) mass is 270 g/mol. The highest BCUT2D eigenvalue weighted by Gasteiger charge is 2.03. The summed E-state index contributed by atoms with van der Waals surface area (Å²) in [7, 11) is 0. The Bertz CT molecular complexity index is 645. The largest absolute Gasteiger partial charge is 0.351 e. The summed E-state index contributed by atoms with van der Waals surface area (Å²) in [4.78, 5) is 0. The zero-order valence-electron chi connectivity index (χ0n) is 11.0. The Hall–Kier alpha value is -1.98. The number of rotatable bonds is 3. The Labute approximate surface area is 118 Å². The zero-order chi connectivity index (χ0) is 13.8. The first-order chi connectivity index (χ1) is 9.10. The SMILES string of the molecule is CC(C)n1ccc(/C=C(\C#N)c2cccc(Cl)c2)c1. The molecule has 0 amide bonds. The first-order valence-electron chi connectivity index (χ1n) is 6.15. The Balaban J connectivity index is 2.36. The summed E-state index contributed by atoms with van der Waals surface area (Å²) >= 11 is 5.95. The summed E-state index contributed by atoms with van der Waals surface area (Å²) < 4.78 is 2.11. The van der Waals surface area contributed by atoms with E-state index in [1.807, 2.05) is 36.7 Å². The van der Waals surface area contributed by atoms with Gasteiger partial charge in [0.2, 0.25) is 0 Å². The molecule has 2 aromatic rings. The quantitative estimate of drug-likeness (QED) is 0.738. The predicted molar refractivity (Wildman–Crippen MR) is 79.8 cm³/mol. The van der Waals surface area contributed by atoms with Gasteiger partial charge in [-0.3, -0.25) is 0 Å². The first-order valence-corrected chi connectivity index (χ1v) is 6.53. The van der Waals surface area contributed by atoms with Gasteiger partial charge in [-0.2, -0.15) is 5.26 Å². The van der Waals surface area contributed by atoms with E-state index >= 15 is 0 Å². The standard InChI is InChI=1S/C16H15ClN2/c1-12(2)19-7-6-13(11-19)8-15(10-18)14-4-3-5-16(17)9-14/h3-9,11-12H,1-2H3/b15-8+. The third-order valence-electron chi connectivity index (χ3n) is 2.90. The van der Waals surface area contributed by atoms with Gasteiger partial charge >= 0.3 is 0 Å². The van der Waals surface area contributed by atoms with Crippen molar-refractivity contribution in [3.8, 4) is 6.07 Å². The second-order valence-corrected chi connectivity index (χ2v) is 5.10. The van der Waals surface area contributed by atoms with Crippen molar-refractivity contribution < 1.29 is 0 Å². The predicted octanol–water partition coefficient (Wildman–Crippen LogP) is 4.79. The molecule has 0 bridgehead atoms. The zero-order valence-corrected chi connectivity index (χ0v) is 11.7. The molecule has 1 heterocycles. The molecule has 0 atom stereocenters. The molecule has 1 aromatic heterocycles. The van der Waals surface area contributed by atoms with Crippen LogP contribution in [0.5, 0.6) is 0 Å². The molecule has 0 unspecified atom stereocenters. The number of hydrogen-bond acceptors (Lipinski definition) is 1. The molecule has 3 heteroatoms. The van der Waals surface area contributed by atoms with Crippen LogP contribution in [0.15, 0.2) is 42.7 Å². The molecule has 1 aromatic carbocycles. The minimum atomic E-state index is 0.416. The summed E-state index contributed by atoms with van der Waals surface area (Å²) in [5, 5.41) is 9.92. The molecule has 0 spiro atoms. The van der Waals surface area contributed by atoms with Crippen LogP contribution in [-0.4, -0.2) is 4.57 Å². The van der Waals surface area contributed by atoms with Crippen molar-refractivity contribution in [1.82, 2.24) is 4.57 Å². The average Bonchev–Trinajstić information content (AvgIpc) is 2.84. The van der Waals surface area contributed by atoms with E-state index in [1.54, 1.807) is 12.1 Å². The maximum Gasteiger partial charge on any atom is 0.0998 e. The molecule has 19 heavy (non-hydrogen) atoms. The molecule has 0 saturated carbocycles. The number of benzene rings is 1. The first kappa shape index (κ1) is 13.5. The summed E-state index contributed by atoms with van der Waals surface area (Å²) in [6, 6.07) is 12.0. The van der Waals surface area contributed by atoms with Gasteiger partial charge in [0.15, 0.2) is 0 Å². The van der Waals surface area contributed by atoms with Crippen molar-refractivity contribution in [1.29, 1.82) is 5.26 Å². The van der Waals surface area contributed by atoms with Crippen molar-refractivity contribution in [3.05, 3.63) is 58.9 Å². The number of nitrogens with zero attached hydrogens (tertiary/aromatic N) is 2. The Morgan fingerprint density at radius 3 is 2.74 bits per heavy atom. The van der Waals surface area contributed by atoms with E-state index in [1.165, 1.54) is 0 Å². The number of halogens is 1. The minimum absolute atomic E-state index is 0.416. The van der Waals surface area contributed by atoms with Gasteiger partial charge in [-0.25, -0.2) is 0 Å². The summed E-state index contributed by atoms with van der Waals surface area (Å²) in [5.41, 5.74) is 2.47. The summed E-state index contributed by atoms with van der Waals surface area (Å²) in [5.74, 6) is 0.